The second kappa shape index (κ2) is 10.2. The van der Waals surface area contributed by atoms with Gasteiger partial charge in [0.25, 0.3) is 0 Å². The van der Waals surface area contributed by atoms with Gasteiger partial charge in [0.05, 0.1) is 18.4 Å². The van der Waals surface area contributed by atoms with E-state index < -0.39 is 21.6 Å². The first-order valence-electron chi connectivity index (χ1n) is 11.9. The number of hydrogen-bond acceptors (Lipinski definition) is 4. The van der Waals surface area contributed by atoms with E-state index in [-0.39, 0.29) is 23.8 Å². The lowest BCUT2D eigenvalue weighted by atomic mass is 9.87. The third-order valence-electron chi connectivity index (χ3n) is 6.58. The molecule has 0 saturated heterocycles. The fourth-order valence-electron chi connectivity index (χ4n) is 4.58. The van der Waals surface area contributed by atoms with Crippen LogP contribution in [0.3, 0.4) is 0 Å². The van der Waals surface area contributed by atoms with Crippen LogP contribution >= 0.6 is 0 Å². The van der Waals surface area contributed by atoms with Crippen LogP contribution in [0, 0.1) is 5.92 Å². The van der Waals surface area contributed by atoms with E-state index in [0.29, 0.717) is 23.3 Å². The molecule has 0 fully saturated rings. The van der Waals surface area contributed by atoms with E-state index >= 15 is 0 Å². The predicted molar refractivity (Wildman–Crippen MR) is 140 cm³/mol. The number of rotatable bonds is 6. The highest BCUT2D eigenvalue weighted by Crippen LogP contribution is 2.41. The Morgan fingerprint density at radius 2 is 1.47 bits per heavy atom. The number of anilines is 1. The molecule has 0 spiro atoms. The van der Waals surface area contributed by atoms with Crippen LogP contribution in [0.4, 0.5) is 18.9 Å². The molecule has 1 aliphatic heterocycles. The zero-order chi connectivity index (χ0) is 26.9. The van der Waals surface area contributed by atoms with E-state index in [2.05, 4.69) is 0 Å². The summed E-state index contributed by atoms with van der Waals surface area (Å²) in [5, 5.41) is 11.1. The first kappa shape index (κ1) is 25.8. The van der Waals surface area contributed by atoms with Crippen LogP contribution in [0.5, 0.6) is 5.75 Å². The Bertz CT molecular complexity index is 1540. The molecule has 0 aromatic heterocycles. The topological polar surface area (TPSA) is 75.6 Å². The highest BCUT2D eigenvalue weighted by atomic mass is 32.2. The van der Waals surface area contributed by atoms with Crippen LogP contribution < -0.4 is 9.46 Å². The van der Waals surface area contributed by atoms with Gasteiger partial charge >= 0.3 is 15.5 Å². The van der Waals surface area contributed by atoms with Crippen molar-refractivity contribution in [3.8, 4) is 28.0 Å². The van der Waals surface area contributed by atoms with Crippen molar-refractivity contribution in [1.82, 2.24) is 0 Å². The molecule has 2 atom stereocenters. The number of aliphatic hydroxyl groups excluding tert-OH is 1. The maximum absolute atomic E-state index is 12.9. The molecule has 38 heavy (non-hydrogen) atoms. The lowest BCUT2D eigenvalue weighted by molar-refractivity contribution is -0.0429. The van der Waals surface area contributed by atoms with Crippen molar-refractivity contribution in [2.24, 2.45) is 5.92 Å². The third kappa shape index (κ3) is 5.25. The molecule has 4 aromatic carbocycles. The molecule has 0 amide bonds. The molecule has 196 valence electrons. The molecule has 0 unspecified atom stereocenters. The number of benzene rings is 4. The minimum Gasteiger partial charge on any atom is -0.493 e. The van der Waals surface area contributed by atoms with Crippen LogP contribution in [0.1, 0.15) is 17.2 Å². The molecule has 4 aromatic rings. The zero-order valence-corrected chi connectivity index (χ0v) is 20.8. The van der Waals surface area contributed by atoms with Gasteiger partial charge in [0.1, 0.15) is 5.75 Å². The van der Waals surface area contributed by atoms with Gasteiger partial charge < -0.3 is 9.84 Å². The largest absolute Gasteiger partial charge is 0.516 e. The molecule has 9 heteroatoms. The molecule has 0 radical (unpaired) electrons. The number of sulfonamides is 1. The van der Waals surface area contributed by atoms with Gasteiger partial charge in [0, 0.05) is 17.0 Å². The quantitative estimate of drug-likeness (QED) is 0.291. The second-order valence-corrected chi connectivity index (χ2v) is 10.8. The molecular weight excluding hydrogens is 515 g/mol. The summed E-state index contributed by atoms with van der Waals surface area (Å²) in [5.74, 6) is 0.209. The van der Waals surface area contributed by atoms with Crippen LogP contribution in [0.2, 0.25) is 0 Å². The van der Waals surface area contributed by atoms with Crippen molar-refractivity contribution in [1.29, 1.82) is 0 Å². The number of ether oxygens (including phenoxy) is 1. The molecular formula is C29H24F3NO4S. The minimum atomic E-state index is -5.58. The third-order valence-corrected chi connectivity index (χ3v) is 7.68. The summed E-state index contributed by atoms with van der Waals surface area (Å²) < 4.78 is 69.6. The maximum atomic E-state index is 12.9. The van der Waals surface area contributed by atoms with Gasteiger partial charge in [-0.1, -0.05) is 84.9 Å². The lowest BCUT2D eigenvalue weighted by Crippen LogP contribution is -2.30. The van der Waals surface area contributed by atoms with Crippen LogP contribution in [-0.2, 0) is 16.4 Å². The first-order chi connectivity index (χ1) is 18.1. The average Bonchev–Trinajstić information content (AvgIpc) is 2.90. The molecule has 1 aliphatic rings. The summed E-state index contributed by atoms with van der Waals surface area (Å²) in [5.41, 5.74) is -1.10. The fourth-order valence-corrected chi connectivity index (χ4v) is 5.16. The number of halogens is 3. The summed E-state index contributed by atoms with van der Waals surface area (Å²) in [4.78, 5) is 0. The zero-order valence-electron chi connectivity index (χ0n) is 20.0. The maximum Gasteiger partial charge on any atom is 0.516 e. The molecule has 5 rings (SSSR count). The Kier molecular flexibility index (Phi) is 6.90. The van der Waals surface area contributed by atoms with Gasteiger partial charge in [0.15, 0.2) is 0 Å². The van der Waals surface area contributed by atoms with Crippen molar-refractivity contribution in [2.45, 2.75) is 18.0 Å². The molecule has 1 heterocycles. The number of para-hydroxylation sites is 1. The van der Waals surface area contributed by atoms with E-state index in [0.717, 1.165) is 16.7 Å². The van der Waals surface area contributed by atoms with Crippen molar-refractivity contribution in [3.05, 3.63) is 108 Å². The van der Waals surface area contributed by atoms with E-state index in [1.165, 1.54) is 18.2 Å². The molecule has 0 bridgehead atoms. The SMILES string of the molecule is O=S(=O)(Nc1ccccc1-c1ccc2c(c1)OC[C@@H](Cc1ccc(-c3ccccc3)cc1)[C@@H]2O)C(F)(F)F. The highest BCUT2D eigenvalue weighted by molar-refractivity contribution is 7.93. The van der Waals surface area contributed by atoms with Gasteiger partial charge in [-0.05, 0) is 40.8 Å². The number of nitrogens with one attached hydrogen (secondary N) is 1. The smallest absolute Gasteiger partial charge is 0.493 e. The second-order valence-electron chi connectivity index (χ2n) is 9.13. The van der Waals surface area contributed by atoms with E-state index in [9.17, 15) is 26.7 Å². The summed E-state index contributed by atoms with van der Waals surface area (Å²) in [6, 6.07) is 28.9. The van der Waals surface area contributed by atoms with Crippen molar-refractivity contribution >= 4 is 15.7 Å². The molecule has 0 saturated carbocycles. The Morgan fingerprint density at radius 3 is 2.18 bits per heavy atom. The number of hydrogen-bond donors (Lipinski definition) is 2. The minimum absolute atomic E-state index is 0.193. The van der Waals surface area contributed by atoms with Crippen LogP contribution in [-0.4, -0.2) is 25.6 Å². The van der Waals surface area contributed by atoms with Crippen LogP contribution in [0.15, 0.2) is 97.1 Å². The predicted octanol–water partition coefficient (Wildman–Crippen LogP) is 6.57. The standard InChI is InChI=1S/C29H24F3NO4S/c30-29(31,32)38(35,36)33-26-9-5-4-8-24(26)22-14-15-25-27(17-22)37-18-23(28(25)34)16-19-10-12-21(13-11-19)20-6-2-1-3-7-20/h1-15,17,23,28,33-34H,16,18H2/t23-,28+/m1/s1. The molecule has 0 aliphatic carbocycles. The van der Waals surface area contributed by atoms with E-state index in [1.54, 1.807) is 29.0 Å². The van der Waals surface area contributed by atoms with Crippen molar-refractivity contribution < 1.29 is 31.4 Å². The van der Waals surface area contributed by atoms with Crippen molar-refractivity contribution in [3.63, 3.8) is 0 Å². The Morgan fingerprint density at radius 1 is 0.842 bits per heavy atom. The van der Waals surface area contributed by atoms with Crippen molar-refractivity contribution in [2.75, 3.05) is 11.3 Å². The van der Waals surface area contributed by atoms with Crippen LogP contribution in [0.25, 0.3) is 22.3 Å². The lowest BCUT2D eigenvalue weighted by Gasteiger charge is -2.31. The molecule has 5 nitrogen and oxygen atoms in total. The van der Waals surface area contributed by atoms with Gasteiger partial charge in [-0.3, -0.25) is 4.72 Å². The number of fused-ring (bicyclic) bond motifs is 1. The average molecular weight is 540 g/mol. The summed E-state index contributed by atoms with van der Waals surface area (Å²) >= 11 is 0. The normalized spacial score (nSPS) is 17.4. The summed E-state index contributed by atoms with van der Waals surface area (Å²) in [6.07, 6.45) is -0.208. The highest BCUT2D eigenvalue weighted by Gasteiger charge is 2.46. The number of alkyl halides is 3. The monoisotopic (exact) mass is 539 g/mol. The van der Waals surface area contributed by atoms with Gasteiger partial charge in [-0.25, -0.2) is 0 Å². The van der Waals surface area contributed by atoms with Gasteiger partial charge in [0.2, 0.25) is 0 Å². The van der Waals surface area contributed by atoms with Gasteiger partial charge in [-0.2, -0.15) is 21.6 Å². The Hall–Kier alpha value is -3.82. The first-order valence-corrected chi connectivity index (χ1v) is 13.4. The number of aliphatic hydroxyl groups is 1. The van der Waals surface area contributed by atoms with Gasteiger partial charge in [-0.15, -0.1) is 0 Å². The van der Waals surface area contributed by atoms with E-state index in [1.807, 2.05) is 54.6 Å². The summed E-state index contributed by atoms with van der Waals surface area (Å²) in [6.45, 7) is 0.250. The Balaban J connectivity index is 1.34. The molecule has 2 N–H and O–H groups in total. The van der Waals surface area contributed by atoms with E-state index in [4.69, 9.17) is 4.74 Å². The Labute approximate surface area is 218 Å². The fraction of sp³-hybridized carbons (Fsp3) is 0.172. The summed E-state index contributed by atoms with van der Waals surface area (Å²) in [7, 11) is -5.58.